The molecule has 116 valence electrons. The first-order valence-electron chi connectivity index (χ1n) is 7.01. The van der Waals surface area contributed by atoms with Gasteiger partial charge in [0.25, 0.3) is 0 Å². The van der Waals surface area contributed by atoms with Gasteiger partial charge in [-0.1, -0.05) is 49.6 Å². The molecule has 1 heterocycles. The average molecular weight is 313 g/mol. The van der Waals surface area contributed by atoms with Crippen LogP contribution in [-0.4, -0.2) is 4.98 Å². The van der Waals surface area contributed by atoms with Crippen molar-refractivity contribution in [3.8, 4) is 11.3 Å². The number of rotatable bonds is 3. The minimum atomic E-state index is -4.35. The van der Waals surface area contributed by atoms with Gasteiger partial charge in [-0.3, -0.25) is 0 Å². The summed E-state index contributed by atoms with van der Waals surface area (Å²) in [6.45, 7) is 7.60. The molecule has 0 aliphatic heterocycles. The molecule has 0 unspecified atom stereocenters. The van der Waals surface area contributed by atoms with Crippen LogP contribution in [0.2, 0.25) is 0 Å². The predicted octanol–water partition coefficient (Wildman–Crippen LogP) is 6.14. The van der Waals surface area contributed by atoms with Crippen molar-refractivity contribution >= 4 is 22.9 Å². The number of alkyl halides is 3. The third-order valence-electron chi connectivity index (χ3n) is 3.84. The number of hydrogen-bond acceptors (Lipinski definition) is 0. The number of benzene rings is 2. The highest BCUT2D eigenvalue weighted by atomic mass is 19.4. The molecule has 0 bridgehead atoms. The lowest BCUT2D eigenvalue weighted by Gasteiger charge is -2.08. The van der Waals surface area contributed by atoms with Gasteiger partial charge in [0.15, 0.2) is 0 Å². The maximum absolute atomic E-state index is 12.7. The van der Waals surface area contributed by atoms with Crippen molar-refractivity contribution in [2.45, 2.75) is 6.18 Å². The standard InChI is InChI=1S/C19H14F3N/c1-3-12-5-6-13-9-14(7-8-17(13)16(12)4-2)18-10-15(11-23-18)19(20,21)22/h3-11,23H,1-2H2. The lowest BCUT2D eigenvalue weighted by molar-refractivity contribution is -0.137. The van der Waals surface area contributed by atoms with Crippen LogP contribution >= 0.6 is 0 Å². The van der Waals surface area contributed by atoms with Crippen molar-refractivity contribution < 1.29 is 13.2 Å². The molecular weight excluding hydrogens is 299 g/mol. The molecule has 0 spiro atoms. The monoisotopic (exact) mass is 313 g/mol. The summed E-state index contributed by atoms with van der Waals surface area (Å²) in [5.41, 5.74) is 2.40. The second-order valence-electron chi connectivity index (χ2n) is 5.21. The normalized spacial score (nSPS) is 11.6. The summed E-state index contributed by atoms with van der Waals surface area (Å²) >= 11 is 0. The zero-order chi connectivity index (χ0) is 16.6. The van der Waals surface area contributed by atoms with E-state index in [1.807, 2.05) is 24.3 Å². The number of halogens is 3. The Morgan fingerprint density at radius 1 is 0.957 bits per heavy atom. The number of aromatic amines is 1. The van der Waals surface area contributed by atoms with Gasteiger partial charge in [0.2, 0.25) is 0 Å². The molecule has 0 saturated carbocycles. The lowest BCUT2D eigenvalue weighted by Crippen LogP contribution is -2.02. The Morgan fingerprint density at radius 3 is 2.35 bits per heavy atom. The van der Waals surface area contributed by atoms with Crippen LogP contribution in [0.1, 0.15) is 16.7 Å². The lowest BCUT2D eigenvalue weighted by atomic mass is 9.96. The molecule has 0 saturated heterocycles. The van der Waals surface area contributed by atoms with Gasteiger partial charge in [0, 0.05) is 11.9 Å². The molecule has 0 amide bonds. The fourth-order valence-corrected chi connectivity index (χ4v) is 2.67. The first kappa shape index (κ1) is 15.2. The fraction of sp³-hybridized carbons (Fsp3) is 0.0526. The van der Waals surface area contributed by atoms with Crippen LogP contribution < -0.4 is 0 Å². The van der Waals surface area contributed by atoms with E-state index in [9.17, 15) is 13.2 Å². The quantitative estimate of drug-likeness (QED) is 0.598. The summed E-state index contributed by atoms with van der Waals surface area (Å²) in [5, 5.41) is 1.93. The Morgan fingerprint density at radius 2 is 1.74 bits per heavy atom. The van der Waals surface area contributed by atoms with Gasteiger partial charge in [-0.05, 0) is 39.6 Å². The number of nitrogens with one attached hydrogen (secondary N) is 1. The highest BCUT2D eigenvalue weighted by Crippen LogP contribution is 2.33. The third kappa shape index (κ3) is 2.68. The smallest absolute Gasteiger partial charge is 0.361 e. The molecule has 23 heavy (non-hydrogen) atoms. The number of hydrogen-bond donors (Lipinski definition) is 1. The van der Waals surface area contributed by atoms with E-state index >= 15 is 0 Å². The first-order valence-corrected chi connectivity index (χ1v) is 7.01. The van der Waals surface area contributed by atoms with Crippen molar-refractivity contribution in [1.29, 1.82) is 0 Å². The van der Waals surface area contributed by atoms with Gasteiger partial charge in [0.05, 0.1) is 5.56 Å². The second-order valence-corrected chi connectivity index (χ2v) is 5.21. The van der Waals surface area contributed by atoms with E-state index in [1.165, 1.54) is 0 Å². The van der Waals surface area contributed by atoms with Gasteiger partial charge < -0.3 is 4.98 Å². The van der Waals surface area contributed by atoms with Gasteiger partial charge in [-0.2, -0.15) is 13.2 Å². The molecular formula is C19H14F3N. The zero-order valence-electron chi connectivity index (χ0n) is 12.2. The summed E-state index contributed by atoms with van der Waals surface area (Å²) in [7, 11) is 0. The van der Waals surface area contributed by atoms with Crippen molar-refractivity contribution in [3.05, 3.63) is 72.4 Å². The van der Waals surface area contributed by atoms with Crippen LogP contribution in [0.25, 0.3) is 34.2 Å². The van der Waals surface area contributed by atoms with Gasteiger partial charge in [-0.25, -0.2) is 0 Å². The first-order chi connectivity index (χ1) is 10.9. The number of aromatic nitrogens is 1. The molecule has 1 N–H and O–H groups in total. The maximum Gasteiger partial charge on any atom is 0.417 e. The number of H-pyrrole nitrogens is 1. The van der Waals surface area contributed by atoms with Crippen LogP contribution in [0, 0.1) is 0 Å². The molecule has 3 rings (SSSR count). The summed E-state index contributed by atoms with van der Waals surface area (Å²) < 4.78 is 38.1. The summed E-state index contributed by atoms with van der Waals surface area (Å²) in [6.07, 6.45) is 0.149. The molecule has 2 aromatic carbocycles. The van der Waals surface area contributed by atoms with Crippen molar-refractivity contribution in [2.24, 2.45) is 0 Å². The van der Waals surface area contributed by atoms with E-state index in [-0.39, 0.29) is 0 Å². The van der Waals surface area contributed by atoms with E-state index < -0.39 is 11.7 Å². The fourth-order valence-electron chi connectivity index (χ4n) is 2.67. The van der Waals surface area contributed by atoms with Gasteiger partial charge in [-0.15, -0.1) is 0 Å². The molecule has 0 atom stereocenters. The van der Waals surface area contributed by atoms with E-state index in [1.54, 1.807) is 18.2 Å². The van der Waals surface area contributed by atoms with E-state index in [4.69, 9.17) is 0 Å². The second kappa shape index (κ2) is 5.47. The Kier molecular flexibility index (Phi) is 3.60. The van der Waals surface area contributed by atoms with Crippen LogP contribution in [0.5, 0.6) is 0 Å². The van der Waals surface area contributed by atoms with Crippen LogP contribution in [-0.2, 0) is 6.18 Å². The van der Waals surface area contributed by atoms with Gasteiger partial charge >= 0.3 is 6.18 Å². The molecule has 0 radical (unpaired) electrons. The van der Waals surface area contributed by atoms with E-state index in [0.29, 0.717) is 11.3 Å². The van der Waals surface area contributed by atoms with Crippen LogP contribution in [0.3, 0.4) is 0 Å². The predicted molar refractivity (Wildman–Crippen MR) is 88.9 cm³/mol. The Hall–Kier alpha value is -2.75. The molecule has 0 fully saturated rings. The largest absolute Gasteiger partial charge is 0.417 e. The topological polar surface area (TPSA) is 15.8 Å². The summed E-state index contributed by atoms with van der Waals surface area (Å²) in [6, 6.07) is 10.5. The summed E-state index contributed by atoms with van der Waals surface area (Å²) in [4.78, 5) is 2.69. The van der Waals surface area contributed by atoms with Crippen molar-refractivity contribution in [2.75, 3.05) is 0 Å². The van der Waals surface area contributed by atoms with E-state index in [2.05, 4.69) is 18.1 Å². The molecule has 4 heteroatoms. The summed E-state index contributed by atoms with van der Waals surface area (Å²) in [5.74, 6) is 0. The minimum absolute atomic E-state index is 0.437. The highest BCUT2D eigenvalue weighted by molar-refractivity contribution is 5.96. The molecule has 3 aromatic rings. The van der Waals surface area contributed by atoms with Crippen molar-refractivity contribution in [1.82, 2.24) is 4.98 Å². The minimum Gasteiger partial charge on any atom is -0.361 e. The molecule has 0 aliphatic rings. The van der Waals surface area contributed by atoms with Gasteiger partial charge in [0.1, 0.15) is 0 Å². The van der Waals surface area contributed by atoms with Crippen molar-refractivity contribution in [3.63, 3.8) is 0 Å². The Balaban J connectivity index is 2.12. The Bertz CT molecular complexity index is 901. The number of fused-ring (bicyclic) bond motifs is 1. The average Bonchev–Trinajstić information content (AvgIpc) is 3.03. The molecule has 1 nitrogen and oxygen atoms in total. The molecule has 1 aromatic heterocycles. The SMILES string of the molecule is C=Cc1ccc2cc(-c3cc(C(F)(F)F)c[nH]3)ccc2c1C=C. The third-order valence-corrected chi connectivity index (χ3v) is 3.84. The highest BCUT2D eigenvalue weighted by Gasteiger charge is 2.31. The molecule has 0 aliphatic carbocycles. The maximum atomic E-state index is 12.7. The Labute approximate surface area is 131 Å². The van der Waals surface area contributed by atoms with E-state index in [0.717, 1.165) is 34.2 Å². The van der Waals surface area contributed by atoms with Crippen LogP contribution in [0.4, 0.5) is 13.2 Å². The zero-order valence-corrected chi connectivity index (χ0v) is 12.2. The van der Waals surface area contributed by atoms with Crippen LogP contribution in [0.15, 0.2) is 55.8 Å².